The summed E-state index contributed by atoms with van der Waals surface area (Å²) >= 11 is 0. The van der Waals surface area contributed by atoms with E-state index in [0.717, 1.165) is 0 Å². The van der Waals surface area contributed by atoms with Crippen molar-refractivity contribution < 1.29 is 9.53 Å². The second-order valence-corrected chi connectivity index (χ2v) is 2.66. The molecule has 0 saturated carbocycles. The normalized spacial score (nSPS) is 8.86. The third-order valence-electron chi connectivity index (χ3n) is 1.77. The first-order chi connectivity index (χ1) is 6.69. The Kier molecular flexibility index (Phi) is 3.03. The smallest absolute Gasteiger partial charge is 0.337 e. The van der Waals surface area contributed by atoms with Crippen molar-refractivity contribution in [2.45, 2.75) is 0 Å². The van der Waals surface area contributed by atoms with Gasteiger partial charge in [-0.3, -0.25) is 0 Å². The number of esters is 1. The predicted octanol–water partition coefficient (Wildman–Crippen LogP) is 1.74. The van der Waals surface area contributed by atoms with Crippen LogP contribution in [0.5, 0.6) is 0 Å². The van der Waals surface area contributed by atoms with Gasteiger partial charge in [-0.25, -0.2) is 4.79 Å². The van der Waals surface area contributed by atoms with Crippen molar-refractivity contribution >= 4 is 11.5 Å². The Morgan fingerprint density at radius 2 is 2.29 bits per heavy atom. The Morgan fingerprint density at radius 3 is 2.86 bits per heavy atom. The van der Waals surface area contributed by atoms with E-state index in [2.05, 4.69) is 11.3 Å². The standard InChI is InChI=1S/C11H9NO2/c1-8(11(13)14-2)10-5-3-4-9(6-10)7-12/h3-6H,1H2,2H3. The molecule has 0 aliphatic heterocycles. The Labute approximate surface area is 82.2 Å². The molecule has 0 aliphatic carbocycles. The van der Waals surface area contributed by atoms with E-state index in [1.807, 2.05) is 6.07 Å². The van der Waals surface area contributed by atoms with Crippen LogP contribution in [0.1, 0.15) is 11.1 Å². The minimum absolute atomic E-state index is 0.254. The number of hydrogen-bond donors (Lipinski definition) is 0. The quantitative estimate of drug-likeness (QED) is 0.523. The first kappa shape index (κ1) is 10.0. The van der Waals surface area contributed by atoms with Crippen LogP contribution in [0.15, 0.2) is 30.8 Å². The van der Waals surface area contributed by atoms with Crippen molar-refractivity contribution in [3.63, 3.8) is 0 Å². The number of nitriles is 1. The highest BCUT2D eigenvalue weighted by molar-refractivity contribution is 6.15. The molecule has 3 heteroatoms. The Morgan fingerprint density at radius 1 is 1.57 bits per heavy atom. The van der Waals surface area contributed by atoms with Crippen LogP contribution in [0.4, 0.5) is 0 Å². The molecule has 3 nitrogen and oxygen atoms in total. The first-order valence-electron chi connectivity index (χ1n) is 3.97. The van der Waals surface area contributed by atoms with Gasteiger partial charge in [0.05, 0.1) is 24.3 Å². The van der Waals surface area contributed by atoms with Crippen molar-refractivity contribution in [1.29, 1.82) is 5.26 Å². The highest BCUT2D eigenvalue weighted by Crippen LogP contribution is 2.14. The van der Waals surface area contributed by atoms with E-state index in [1.165, 1.54) is 7.11 Å². The maximum absolute atomic E-state index is 11.1. The fourth-order valence-corrected chi connectivity index (χ4v) is 1.02. The molecule has 1 aromatic carbocycles. The number of carbonyl (C=O) groups excluding carboxylic acids is 1. The summed E-state index contributed by atoms with van der Waals surface area (Å²) in [6.07, 6.45) is 0. The predicted molar refractivity (Wildman–Crippen MR) is 52.2 cm³/mol. The Bertz CT molecular complexity index is 416. The van der Waals surface area contributed by atoms with Crippen molar-refractivity contribution in [3.8, 4) is 6.07 Å². The van der Waals surface area contributed by atoms with E-state index in [-0.39, 0.29) is 5.57 Å². The van der Waals surface area contributed by atoms with E-state index < -0.39 is 5.97 Å². The van der Waals surface area contributed by atoms with E-state index in [9.17, 15) is 4.79 Å². The second-order valence-electron chi connectivity index (χ2n) is 2.66. The van der Waals surface area contributed by atoms with E-state index >= 15 is 0 Å². The lowest BCUT2D eigenvalue weighted by Gasteiger charge is -2.03. The molecular formula is C11H9NO2. The molecule has 70 valence electrons. The summed E-state index contributed by atoms with van der Waals surface area (Å²) in [5.74, 6) is -0.486. The van der Waals surface area contributed by atoms with Crippen LogP contribution in [-0.2, 0) is 9.53 Å². The molecule has 0 atom stereocenters. The molecule has 0 aliphatic rings. The maximum atomic E-state index is 11.1. The molecule has 1 aromatic rings. The van der Waals surface area contributed by atoms with Crippen molar-refractivity contribution in [1.82, 2.24) is 0 Å². The minimum Gasteiger partial charge on any atom is -0.465 e. The van der Waals surface area contributed by atoms with Gasteiger partial charge in [0.2, 0.25) is 0 Å². The van der Waals surface area contributed by atoms with Crippen LogP contribution in [0, 0.1) is 11.3 Å². The lowest BCUT2D eigenvalue weighted by atomic mass is 10.1. The molecule has 0 N–H and O–H groups in total. The molecule has 0 saturated heterocycles. The Hall–Kier alpha value is -2.08. The summed E-state index contributed by atoms with van der Waals surface area (Å²) in [6.45, 7) is 3.59. The third-order valence-corrected chi connectivity index (χ3v) is 1.77. The molecule has 0 amide bonds. The molecule has 0 aromatic heterocycles. The van der Waals surface area contributed by atoms with Gasteiger partial charge in [0.15, 0.2) is 0 Å². The van der Waals surface area contributed by atoms with Crippen molar-refractivity contribution in [2.75, 3.05) is 7.11 Å². The Balaban J connectivity index is 3.03. The van der Waals surface area contributed by atoms with Gasteiger partial charge >= 0.3 is 5.97 Å². The van der Waals surface area contributed by atoms with Crippen LogP contribution in [0.2, 0.25) is 0 Å². The summed E-state index contributed by atoms with van der Waals surface area (Å²) in [6, 6.07) is 8.65. The number of carbonyl (C=O) groups is 1. The summed E-state index contributed by atoms with van der Waals surface area (Å²) in [7, 11) is 1.29. The largest absolute Gasteiger partial charge is 0.465 e. The van der Waals surface area contributed by atoms with Gasteiger partial charge < -0.3 is 4.74 Å². The highest BCUT2D eigenvalue weighted by Gasteiger charge is 2.09. The lowest BCUT2D eigenvalue weighted by Crippen LogP contribution is -2.02. The highest BCUT2D eigenvalue weighted by atomic mass is 16.5. The van der Waals surface area contributed by atoms with E-state index in [4.69, 9.17) is 5.26 Å². The number of methoxy groups -OCH3 is 1. The van der Waals surface area contributed by atoms with Gasteiger partial charge in [0, 0.05) is 0 Å². The van der Waals surface area contributed by atoms with Gasteiger partial charge in [-0.1, -0.05) is 18.7 Å². The van der Waals surface area contributed by atoms with Crippen molar-refractivity contribution in [2.24, 2.45) is 0 Å². The number of rotatable bonds is 2. The van der Waals surface area contributed by atoms with Crippen LogP contribution in [0.25, 0.3) is 5.57 Å². The molecular weight excluding hydrogens is 178 g/mol. The summed E-state index contributed by atoms with van der Waals surface area (Å²) in [5.41, 5.74) is 1.35. The molecule has 14 heavy (non-hydrogen) atoms. The zero-order valence-corrected chi connectivity index (χ0v) is 7.78. The molecule has 0 heterocycles. The first-order valence-corrected chi connectivity index (χ1v) is 3.97. The molecule has 0 bridgehead atoms. The summed E-state index contributed by atoms with van der Waals surface area (Å²) in [4.78, 5) is 11.1. The fraction of sp³-hybridized carbons (Fsp3) is 0.0909. The maximum Gasteiger partial charge on any atom is 0.337 e. The van der Waals surface area contributed by atoms with Gasteiger partial charge in [0.1, 0.15) is 0 Å². The zero-order valence-electron chi connectivity index (χ0n) is 7.78. The summed E-state index contributed by atoms with van der Waals surface area (Å²) < 4.78 is 4.52. The summed E-state index contributed by atoms with van der Waals surface area (Å²) in [5, 5.41) is 8.64. The molecule has 0 radical (unpaired) electrons. The average molecular weight is 187 g/mol. The molecule has 0 spiro atoms. The van der Waals surface area contributed by atoms with Crippen LogP contribution in [-0.4, -0.2) is 13.1 Å². The van der Waals surface area contributed by atoms with Gasteiger partial charge in [0.25, 0.3) is 0 Å². The average Bonchev–Trinajstić information content (AvgIpc) is 2.27. The van der Waals surface area contributed by atoms with Gasteiger partial charge in [-0.2, -0.15) is 5.26 Å². The fourth-order valence-electron chi connectivity index (χ4n) is 1.02. The SMILES string of the molecule is C=C(C(=O)OC)c1cccc(C#N)c1. The molecule has 1 rings (SSSR count). The second kappa shape index (κ2) is 4.24. The van der Waals surface area contributed by atoms with Crippen LogP contribution in [0.3, 0.4) is 0 Å². The van der Waals surface area contributed by atoms with E-state index in [0.29, 0.717) is 11.1 Å². The van der Waals surface area contributed by atoms with Gasteiger partial charge in [-0.15, -0.1) is 0 Å². The van der Waals surface area contributed by atoms with Crippen LogP contribution >= 0.6 is 0 Å². The molecule has 0 unspecified atom stereocenters. The topological polar surface area (TPSA) is 50.1 Å². The number of nitrogens with zero attached hydrogens (tertiary/aromatic N) is 1. The van der Waals surface area contributed by atoms with Crippen molar-refractivity contribution in [3.05, 3.63) is 42.0 Å². The minimum atomic E-state index is -0.486. The number of hydrogen-bond acceptors (Lipinski definition) is 3. The van der Waals surface area contributed by atoms with Gasteiger partial charge in [-0.05, 0) is 17.7 Å². The van der Waals surface area contributed by atoms with Crippen LogP contribution < -0.4 is 0 Å². The third kappa shape index (κ3) is 1.99. The zero-order chi connectivity index (χ0) is 10.6. The lowest BCUT2D eigenvalue weighted by molar-refractivity contribution is -0.133. The van der Waals surface area contributed by atoms with E-state index in [1.54, 1.807) is 24.3 Å². The monoisotopic (exact) mass is 187 g/mol. The molecule has 0 fully saturated rings. The number of ether oxygens (including phenoxy) is 1. The number of benzene rings is 1.